The van der Waals surface area contributed by atoms with Gasteiger partial charge in [-0.15, -0.1) is 11.3 Å². The SMILES string of the molecule is Cc1nc(C)c(-c2ccc3cc(-c4c(C5CCCCC5)c5ccc(C(=O)O)cc5n4C(=O)N4CCOCC4)ccc3n2)s1. The highest BCUT2D eigenvalue weighted by molar-refractivity contribution is 7.15. The zero-order valence-electron chi connectivity index (χ0n) is 24.4. The number of benzene rings is 2. The maximum Gasteiger partial charge on any atom is 0.335 e. The molecule has 1 aliphatic carbocycles. The monoisotopic (exact) mass is 594 g/mol. The van der Waals surface area contributed by atoms with Gasteiger partial charge in [0.05, 0.1) is 56.8 Å². The van der Waals surface area contributed by atoms with E-state index in [4.69, 9.17) is 9.72 Å². The smallest absolute Gasteiger partial charge is 0.335 e. The zero-order chi connectivity index (χ0) is 29.7. The Morgan fingerprint density at radius 3 is 2.47 bits per heavy atom. The van der Waals surface area contributed by atoms with Crippen LogP contribution in [-0.2, 0) is 4.74 Å². The Bertz CT molecular complexity index is 1880. The Morgan fingerprint density at radius 1 is 0.953 bits per heavy atom. The van der Waals surface area contributed by atoms with E-state index in [1.54, 1.807) is 28.0 Å². The molecule has 9 heteroatoms. The molecule has 0 bridgehead atoms. The number of thiazole rings is 1. The van der Waals surface area contributed by atoms with Crippen molar-refractivity contribution in [2.75, 3.05) is 26.3 Å². The number of pyridine rings is 1. The number of carbonyl (C=O) groups is 2. The fourth-order valence-corrected chi connectivity index (χ4v) is 7.69. The summed E-state index contributed by atoms with van der Waals surface area (Å²) in [6.07, 6.45) is 5.59. The van der Waals surface area contributed by atoms with Crippen LogP contribution < -0.4 is 0 Å². The number of aromatic nitrogens is 3. The molecule has 2 aromatic carbocycles. The molecule has 0 radical (unpaired) electrons. The fraction of sp³-hybridized carbons (Fsp3) is 0.353. The van der Waals surface area contributed by atoms with Gasteiger partial charge in [-0.2, -0.15) is 0 Å². The molecule has 4 heterocycles. The van der Waals surface area contributed by atoms with Gasteiger partial charge in [0.1, 0.15) is 0 Å². The lowest BCUT2D eigenvalue weighted by Gasteiger charge is -2.28. The number of rotatable bonds is 4. The van der Waals surface area contributed by atoms with Crippen molar-refractivity contribution < 1.29 is 19.4 Å². The predicted octanol–water partition coefficient (Wildman–Crippen LogP) is 7.64. The maximum atomic E-state index is 14.4. The minimum absolute atomic E-state index is 0.141. The molecule has 8 nitrogen and oxygen atoms in total. The Hall–Kier alpha value is -4.08. The fourth-order valence-electron chi connectivity index (χ4n) is 6.80. The number of ether oxygens (including phenoxy) is 1. The molecule has 2 aliphatic rings. The first-order valence-electron chi connectivity index (χ1n) is 15.0. The van der Waals surface area contributed by atoms with Crippen LogP contribution in [0.25, 0.3) is 43.6 Å². The van der Waals surface area contributed by atoms with E-state index in [-0.39, 0.29) is 17.5 Å². The normalized spacial score (nSPS) is 16.3. The number of amides is 1. The van der Waals surface area contributed by atoms with E-state index < -0.39 is 5.97 Å². The van der Waals surface area contributed by atoms with Crippen LogP contribution in [0.5, 0.6) is 0 Å². The molecule has 43 heavy (non-hydrogen) atoms. The summed E-state index contributed by atoms with van der Waals surface area (Å²) < 4.78 is 7.33. The number of hydrogen-bond donors (Lipinski definition) is 1. The summed E-state index contributed by atoms with van der Waals surface area (Å²) in [5.74, 6) is -0.720. The topological polar surface area (TPSA) is 97.5 Å². The number of carboxylic acids is 1. The summed E-state index contributed by atoms with van der Waals surface area (Å²) in [5.41, 5.74) is 6.53. The Balaban J connectivity index is 1.45. The molecular weight excluding hydrogens is 560 g/mol. The van der Waals surface area contributed by atoms with E-state index in [1.807, 2.05) is 36.9 Å². The average Bonchev–Trinajstić information content (AvgIpc) is 3.56. The van der Waals surface area contributed by atoms with Crippen molar-refractivity contribution in [3.8, 4) is 21.8 Å². The van der Waals surface area contributed by atoms with Crippen LogP contribution in [0.1, 0.15) is 64.6 Å². The minimum Gasteiger partial charge on any atom is -0.478 e. The third-order valence-corrected chi connectivity index (χ3v) is 9.93. The van der Waals surface area contributed by atoms with Crippen LogP contribution in [0, 0.1) is 13.8 Å². The Morgan fingerprint density at radius 2 is 1.74 bits per heavy atom. The number of morpholine rings is 1. The van der Waals surface area contributed by atoms with E-state index in [2.05, 4.69) is 23.2 Å². The zero-order valence-corrected chi connectivity index (χ0v) is 25.2. The van der Waals surface area contributed by atoms with Gasteiger partial charge in [0.2, 0.25) is 0 Å². The molecule has 1 N–H and O–H groups in total. The lowest BCUT2D eigenvalue weighted by molar-refractivity contribution is 0.0538. The highest BCUT2D eigenvalue weighted by Gasteiger charge is 2.31. The van der Waals surface area contributed by atoms with Crippen LogP contribution in [0.3, 0.4) is 0 Å². The van der Waals surface area contributed by atoms with Crippen molar-refractivity contribution >= 4 is 45.1 Å². The number of aromatic carboxylic acids is 1. The molecule has 1 saturated heterocycles. The van der Waals surface area contributed by atoms with Gasteiger partial charge >= 0.3 is 12.0 Å². The van der Waals surface area contributed by atoms with Crippen molar-refractivity contribution in [3.05, 3.63) is 70.4 Å². The number of aryl methyl sites for hydroxylation is 2. The van der Waals surface area contributed by atoms with E-state index in [1.165, 1.54) is 6.42 Å². The van der Waals surface area contributed by atoms with Crippen LogP contribution >= 0.6 is 11.3 Å². The summed E-state index contributed by atoms with van der Waals surface area (Å²) >= 11 is 1.65. The van der Waals surface area contributed by atoms with Gasteiger partial charge in [-0.1, -0.05) is 37.5 Å². The maximum absolute atomic E-state index is 14.4. The Kier molecular flexibility index (Phi) is 7.23. The largest absolute Gasteiger partial charge is 0.478 e. The van der Waals surface area contributed by atoms with Crippen LogP contribution in [0.2, 0.25) is 0 Å². The quantitative estimate of drug-likeness (QED) is 0.230. The van der Waals surface area contributed by atoms with Gasteiger partial charge in [-0.3, -0.25) is 4.57 Å². The molecule has 1 aliphatic heterocycles. The molecule has 1 saturated carbocycles. The van der Waals surface area contributed by atoms with Crippen LogP contribution in [-0.4, -0.2) is 62.8 Å². The van der Waals surface area contributed by atoms with E-state index in [0.717, 1.165) is 80.1 Å². The highest BCUT2D eigenvalue weighted by Crippen LogP contribution is 2.45. The van der Waals surface area contributed by atoms with Gasteiger partial charge in [-0.25, -0.2) is 19.6 Å². The molecule has 0 spiro atoms. The van der Waals surface area contributed by atoms with E-state index >= 15 is 0 Å². The second kappa shape index (κ2) is 11.2. The molecule has 220 valence electrons. The van der Waals surface area contributed by atoms with Gasteiger partial charge < -0.3 is 14.7 Å². The first-order valence-corrected chi connectivity index (χ1v) is 15.8. The number of carbonyl (C=O) groups excluding carboxylic acids is 1. The molecule has 5 aromatic rings. The lowest BCUT2D eigenvalue weighted by atomic mass is 9.81. The molecule has 7 rings (SSSR count). The number of carboxylic acid groups (broad SMARTS) is 1. The molecule has 3 aromatic heterocycles. The summed E-state index contributed by atoms with van der Waals surface area (Å²) in [6.45, 7) is 5.99. The van der Waals surface area contributed by atoms with Crippen molar-refractivity contribution in [2.24, 2.45) is 0 Å². The summed E-state index contributed by atoms with van der Waals surface area (Å²) in [5, 5.41) is 12.8. The third kappa shape index (κ3) is 5.00. The number of hydrogen-bond acceptors (Lipinski definition) is 6. The average molecular weight is 595 g/mol. The van der Waals surface area contributed by atoms with Crippen molar-refractivity contribution in [1.82, 2.24) is 19.4 Å². The summed E-state index contributed by atoms with van der Waals surface area (Å²) in [4.78, 5) is 38.9. The second-order valence-electron chi connectivity index (χ2n) is 11.6. The number of fused-ring (bicyclic) bond motifs is 2. The third-order valence-electron chi connectivity index (χ3n) is 8.84. The van der Waals surface area contributed by atoms with Gasteiger partial charge in [0.25, 0.3) is 0 Å². The van der Waals surface area contributed by atoms with Crippen molar-refractivity contribution in [1.29, 1.82) is 0 Å². The van der Waals surface area contributed by atoms with Crippen molar-refractivity contribution in [2.45, 2.75) is 51.9 Å². The summed E-state index contributed by atoms with van der Waals surface area (Å²) in [7, 11) is 0. The molecular formula is C34H34N4O4S. The number of nitrogens with zero attached hydrogens (tertiary/aromatic N) is 4. The molecule has 2 fully saturated rings. The van der Waals surface area contributed by atoms with E-state index in [9.17, 15) is 14.7 Å². The molecule has 0 atom stereocenters. The van der Waals surface area contributed by atoms with E-state index in [0.29, 0.717) is 31.8 Å². The Labute approximate surface area is 253 Å². The van der Waals surface area contributed by atoms with Gasteiger partial charge in [0, 0.05) is 23.9 Å². The second-order valence-corrected chi connectivity index (χ2v) is 12.8. The summed E-state index contributed by atoms with van der Waals surface area (Å²) in [6, 6.07) is 15.5. The minimum atomic E-state index is -1.01. The van der Waals surface area contributed by atoms with Gasteiger partial charge in [0.15, 0.2) is 0 Å². The first kappa shape index (κ1) is 27.7. The predicted molar refractivity (Wildman–Crippen MR) is 169 cm³/mol. The molecule has 0 unspecified atom stereocenters. The van der Waals surface area contributed by atoms with Gasteiger partial charge in [-0.05, 0) is 74.1 Å². The first-order chi connectivity index (χ1) is 20.9. The standard InChI is InChI=1S/C34H34N4O4S/c1-20-32(43-21(2)35-20)28-13-9-23-18-24(10-12-27(23)36-28)31-30(22-6-4-3-5-7-22)26-11-8-25(33(39)40)19-29(26)38(31)34(41)37-14-16-42-17-15-37/h8-13,18-19,22H,3-7,14-17H2,1-2H3,(H,39,40). The lowest BCUT2D eigenvalue weighted by Crippen LogP contribution is -2.43. The van der Waals surface area contributed by atoms with Crippen molar-refractivity contribution in [3.63, 3.8) is 0 Å². The highest BCUT2D eigenvalue weighted by atomic mass is 32.1. The molecule has 1 amide bonds. The van der Waals surface area contributed by atoms with Crippen LogP contribution in [0.15, 0.2) is 48.5 Å². The van der Waals surface area contributed by atoms with Crippen LogP contribution in [0.4, 0.5) is 4.79 Å².